The van der Waals surface area contributed by atoms with Crippen molar-refractivity contribution in [1.82, 2.24) is 13.6 Å². The summed E-state index contributed by atoms with van der Waals surface area (Å²) in [6, 6.07) is 0. The summed E-state index contributed by atoms with van der Waals surface area (Å²) in [5.41, 5.74) is 1.30. The fraction of sp³-hybridized carbons (Fsp3) is 0.818. The van der Waals surface area contributed by atoms with Crippen LogP contribution in [0.4, 0.5) is 0 Å². The first kappa shape index (κ1) is 11.0. The zero-order valence-electron chi connectivity index (χ0n) is 9.56. The monoisotopic (exact) mass is 255 g/mol. The summed E-state index contributed by atoms with van der Waals surface area (Å²) in [5, 5.41) is 1.20. The van der Waals surface area contributed by atoms with E-state index in [2.05, 4.69) is 20.6 Å². The smallest absolute Gasteiger partial charge is 0.134 e. The second-order valence-corrected chi connectivity index (χ2v) is 6.44. The number of nitrogens with zero attached hydrogens (tertiary/aromatic N) is 3. The molecule has 3 atom stereocenters. The minimum atomic E-state index is 0.662. The second kappa shape index (κ2) is 4.63. The van der Waals surface area contributed by atoms with Gasteiger partial charge in [0.1, 0.15) is 5.03 Å². The summed E-state index contributed by atoms with van der Waals surface area (Å²) >= 11 is 3.24. The van der Waals surface area contributed by atoms with Crippen LogP contribution in [0.5, 0.6) is 0 Å². The van der Waals surface area contributed by atoms with E-state index in [1.54, 1.807) is 0 Å². The average Bonchev–Trinajstić information content (AvgIpc) is 2.85. The fourth-order valence-corrected chi connectivity index (χ4v) is 4.48. The molecule has 0 saturated carbocycles. The Hall–Kier alpha value is -0.130. The van der Waals surface area contributed by atoms with Crippen LogP contribution < -0.4 is 0 Å². The summed E-state index contributed by atoms with van der Waals surface area (Å²) in [4.78, 5) is 2.60. The molecule has 88 valence electrons. The van der Waals surface area contributed by atoms with E-state index in [-0.39, 0.29) is 0 Å². The van der Waals surface area contributed by atoms with E-state index in [0.29, 0.717) is 5.92 Å². The Morgan fingerprint density at radius 1 is 1.44 bits per heavy atom. The highest BCUT2D eigenvalue weighted by atomic mass is 32.2. The molecule has 2 fully saturated rings. The van der Waals surface area contributed by atoms with E-state index in [0.717, 1.165) is 11.7 Å². The van der Waals surface area contributed by atoms with Gasteiger partial charge in [0.05, 0.1) is 17.4 Å². The molecule has 3 heterocycles. The highest BCUT2D eigenvalue weighted by Crippen LogP contribution is 2.40. The predicted octanol–water partition coefficient (Wildman–Crippen LogP) is 2.46. The van der Waals surface area contributed by atoms with Crippen LogP contribution in [-0.2, 0) is 0 Å². The number of piperidine rings is 1. The molecule has 1 unspecified atom stereocenters. The summed E-state index contributed by atoms with van der Waals surface area (Å²) in [6.07, 6.45) is 2.75. The molecule has 5 heteroatoms. The van der Waals surface area contributed by atoms with Crippen LogP contribution in [0.15, 0.2) is 5.03 Å². The van der Waals surface area contributed by atoms with E-state index in [4.69, 9.17) is 0 Å². The molecule has 0 aliphatic carbocycles. The quantitative estimate of drug-likeness (QED) is 0.776. The summed E-state index contributed by atoms with van der Waals surface area (Å²) in [7, 11) is 0. The van der Waals surface area contributed by atoms with Crippen LogP contribution in [0.25, 0.3) is 0 Å². The van der Waals surface area contributed by atoms with Gasteiger partial charge in [0.2, 0.25) is 0 Å². The Morgan fingerprint density at radius 3 is 3.19 bits per heavy atom. The molecule has 16 heavy (non-hydrogen) atoms. The van der Waals surface area contributed by atoms with Gasteiger partial charge in [-0.05, 0) is 31.1 Å². The molecule has 3 nitrogen and oxygen atoms in total. The van der Waals surface area contributed by atoms with Gasteiger partial charge in [0, 0.05) is 19.0 Å². The van der Waals surface area contributed by atoms with Crippen LogP contribution in [0, 0.1) is 5.92 Å². The van der Waals surface area contributed by atoms with Crippen LogP contribution in [0.2, 0.25) is 0 Å². The first-order valence-electron chi connectivity index (χ1n) is 6.06. The molecule has 2 aliphatic heterocycles. The van der Waals surface area contributed by atoms with Crippen LogP contribution >= 0.6 is 23.5 Å². The van der Waals surface area contributed by atoms with E-state index in [1.807, 2.05) is 11.8 Å². The molecule has 0 N–H and O–H groups in total. The summed E-state index contributed by atoms with van der Waals surface area (Å²) in [6.45, 7) is 5.98. The predicted molar refractivity (Wildman–Crippen MR) is 68.2 cm³/mol. The molecule has 0 spiro atoms. The van der Waals surface area contributed by atoms with Gasteiger partial charge >= 0.3 is 0 Å². The van der Waals surface area contributed by atoms with Crippen molar-refractivity contribution in [2.24, 2.45) is 5.92 Å². The number of hydrogen-bond acceptors (Lipinski definition) is 5. The average molecular weight is 255 g/mol. The van der Waals surface area contributed by atoms with Crippen molar-refractivity contribution in [2.45, 2.75) is 30.7 Å². The maximum Gasteiger partial charge on any atom is 0.134 e. The van der Waals surface area contributed by atoms with Crippen LogP contribution in [0.3, 0.4) is 0 Å². The first-order chi connectivity index (χ1) is 7.88. The molecule has 2 saturated heterocycles. The fourth-order valence-electron chi connectivity index (χ4n) is 2.97. The molecule has 1 aromatic rings. The highest BCUT2D eigenvalue weighted by Gasteiger charge is 2.38. The topological polar surface area (TPSA) is 29.0 Å². The van der Waals surface area contributed by atoms with Crippen LogP contribution in [-0.4, -0.2) is 39.0 Å². The van der Waals surface area contributed by atoms with Crippen molar-refractivity contribution in [3.63, 3.8) is 0 Å². The second-order valence-electron chi connectivity index (χ2n) is 4.66. The Kier molecular flexibility index (Phi) is 3.18. The third-order valence-electron chi connectivity index (χ3n) is 3.68. The van der Waals surface area contributed by atoms with Gasteiger partial charge in [-0.1, -0.05) is 6.92 Å². The maximum atomic E-state index is 4.56. The lowest BCUT2D eigenvalue weighted by Gasteiger charge is -2.21. The number of thioether (sulfide) groups is 1. The molecule has 0 aromatic carbocycles. The highest BCUT2D eigenvalue weighted by molar-refractivity contribution is 7.99. The molecule has 2 bridgehead atoms. The zero-order valence-corrected chi connectivity index (χ0v) is 11.2. The number of aromatic nitrogens is 2. The van der Waals surface area contributed by atoms with Crippen molar-refractivity contribution >= 4 is 23.5 Å². The van der Waals surface area contributed by atoms with E-state index < -0.39 is 0 Å². The van der Waals surface area contributed by atoms with Gasteiger partial charge in [0.15, 0.2) is 0 Å². The molecule has 0 radical (unpaired) electrons. The van der Waals surface area contributed by atoms with Crippen molar-refractivity contribution in [1.29, 1.82) is 0 Å². The molecule has 1 aromatic heterocycles. The Labute approximate surface area is 105 Å². The normalized spacial score (nSPS) is 33.2. The van der Waals surface area contributed by atoms with Gasteiger partial charge in [-0.2, -0.15) is 8.75 Å². The van der Waals surface area contributed by atoms with E-state index in [9.17, 15) is 0 Å². The van der Waals surface area contributed by atoms with Crippen molar-refractivity contribution in [3.8, 4) is 0 Å². The Morgan fingerprint density at radius 2 is 2.38 bits per heavy atom. The summed E-state index contributed by atoms with van der Waals surface area (Å²) in [5.74, 6) is 2.60. The van der Waals surface area contributed by atoms with Crippen molar-refractivity contribution in [3.05, 3.63) is 5.69 Å². The molecule has 2 aliphatic rings. The SMILES string of the molecule is CCSc1nsnc1[C@H]1CN2CCC[C@H]1C2. The molecule has 0 amide bonds. The minimum absolute atomic E-state index is 0.662. The Balaban J connectivity index is 1.83. The molecular weight excluding hydrogens is 238 g/mol. The van der Waals surface area contributed by atoms with E-state index in [1.165, 1.54) is 54.9 Å². The standard InChI is InChI=1S/C11H17N3S2/c1-2-15-11-10(12-16-13-11)9-7-14-5-3-4-8(9)6-14/h8-9H,2-7H2,1H3/t8-,9-/m0/s1. The lowest BCUT2D eigenvalue weighted by atomic mass is 9.89. The lowest BCUT2D eigenvalue weighted by Crippen LogP contribution is -2.25. The minimum Gasteiger partial charge on any atom is -0.302 e. The lowest BCUT2D eigenvalue weighted by molar-refractivity contribution is 0.269. The number of fused-ring (bicyclic) bond motifs is 2. The van der Waals surface area contributed by atoms with Gasteiger partial charge in [0.25, 0.3) is 0 Å². The maximum absolute atomic E-state index is 4.56. The third kappa shape index (κ3) is 1.89. The molecular formula is C11H17N3S2. The zero-order chi connectivity index (χ0) is 11.0. The van der Waals surface area contributed by atoms with Crippen molar-refractivity contribution in [2.75, 3.05) is 25.4 Å². The third-order valence-corrected chi connectivity index (χ3v) is 5.20. The largest absolute Gasteiger partial charge is 0.302 e. The van der Waals surface area contributed by atoms with E-state index >= 15 is 0 Å². The number of rotatable bonds is 3. The van der Waals surface area contributed by atoms with Crippen molar-refractivity contribution < 1.29 is 0 Å². The van der Waals surface area contributed by atoms with Crippen LogP contribution in [0.1, 0.15) is 31.4 Å². The number of hydrogen-bond donors (Lipinski definition) is 0. The summed E-state index contributed by atoms with van der Waals surface area (Å²) < 4.78 is 9.00. The van der Waals surface area contributed by atoms with Gasteiger partial charge in [-0.15, -0.1) is 11.8 Å². The Bertz CT molecular complexity index is 366. The first-order valence-corrected chi connectivity index (χ1v) is 7.77. The van der Waals surface area contributed by atoms with Gasteiger partial charge < -0.3 is 4.90 Å². The van der Waals surface area contributed by atoms with Gasteiger partial charge in [-0.25, -0.2) is 0 Å². The van der Waals surface area contributed by atoms with Gasteiger partial charge in [-0.3, -0.25) is 0 Å². The molecule has 3 rings (SSSR count).